The Morgan fingerprint density at radius 2 is 0.929 bits per heavy atom. The Labute approximate surface area is 589 Å². The van der Waals surface area contributed by atoms with Crippen LogP contribution in [0.3, 0.4) is 0 Å². The van der Waals surface area contributed by atoms with Crippen LogP contribution in [0.15, 0.2) is 54.7 Å². The first kappa shape index (κ1) is 85.7. The van der Waals surface area contributed by atoms with Gasteiger partial charge < -0.3 is 87.1 Å². The van der Waals surface area contributed by atoms with E-state index in [1.54, 1.807) is 24.8 Å². The number of rotatable bonds is 59. The molecule has 0 saturated carbocycles. The van der Waals surface area contributed by atoms with Gasteiger partial charge >= 0.3 is 11.9 Å². The SMILES string of the molecule is CCCCCCCCCCCCCCCCCCC(=O)NCCOCCOCC(=O)NCCOCCOCC(=O)NCC(=O)N[C@@H](CC(=O)O)C(=O)N[C@@H](Cc1ccc(O)cc1)C(=O)N[C@@H](CCSC)C(=O)NCC(=O)N[C@@H](Cc1c[nH]c2ccccc12)C(=O)N[C@@H](CCSC)C(=O)O. The first-order valence-corrected chi connectivity index (χ1v) is 37.3. The highest BCUT2D eigenvalue weighted by Crippen LogP contribution is 2.20. The smallest absolute Gasteiger partial charge is 0.326 e. The van der Waals surface area contributed by atoms with Crippen LogP contribution < -0.4 is 47.9 Å². The van der Waals surface area contributed by atoms with Gasteiger partial charge in [-0.25, -0.2) is 4.79 Å². The minimum Gasteiger partial charge on any atom is -0.508 e. The second-order valence-corrected chi connectivity index (χ2v) is 25.9. The predicted octanol–water partition coefficient (Wildman–Crippen LogP) is 4.33. The number of hydrogen-bond acceptors (Lipinski definition) is 18. The molecule has 3 rings (SSSR count). The van der Waals surface area contributed by atoms with Crippen molar-refractivity contribution < 1.29 is 87.0 Å². The molecule has 0 spiro atoms. The summed E-state index contributed by atoms with van der Waals surface area (Å²) >= 11 is 2.73. The molecule has 1 heterocycles. The molecule has 554 valence electrons. The first-order chi connectivity index (χ1) is 47.8. The van der Waals surface area contributed by atoms with E-state index in [-0.39, 0.29) is 89.4 Å². The van der Waals surface area contributed by atoms with Crippen LogP contribution in [0.25, 0.3) is 10.9 Å². The van der Waals surface area contributed by atoms with E-state index in [0.29, 0.717) is 42.2 Å². The van der Waals surface area contributed by atoms with Gasteiger partial charge in [-0.2, -0.15) is 23.5 Å². The average molecular weight is 1430 g/mol. The normalized spacial score (nSPS) is 12.6. The molecule has 99 heavy (non-hydrogen) atoms. The Bertz CT molecular complexity index is 2890. The van der Waals surface area contributed by atoms with Gasteiger partial charge in [-0.05, 0) is 72.6 Å². The molecular formula is C69H108N10O18S2. The number of aromatic nitrogens is 1. The van der Waals surface area contributed by atoms with Gasteiger partial charge in [0, 0.05) is 49.5 Å². The van der Waals surface area contributed by atoms with Crippen LogP contribution in [0.5, 0.6) is 5.75 Å². The van der Waals surface area contributed by atoms with Crippen LogP contribution >= 0.6 is 23.5 Å². The van der Waals surface area contributed by atoms with Crippen molar-refractivity contribution in [2.24, 2.45) is 0 Å². The highest BCUT2D eigenvalue weighted by Gasteiger charge is 2.33. The minimum atomic E-state index is -1.78. The average Bonchev–Trinajstić information content (AvgIpc) is 1.70. The number of ether oxygens (including phenoxy) is 4. The van der Waals surface area contributed by atoms with Crippen molar-refractivity contribution >= 4 is 99.5 Å². The van der Waals surface area contributed by atoms with Crippen molar-refractivity contribution in [1.29, 1.82) is 0 Å². The standard InChI is InChI=1S/C69H108N10O18S2/c1-4-5-6-7-8-9-10-11-12-13-14-15-16-17-18-19-24-59(81)70-31-33-94-35-37-96-47-62(84)71-32-34-95-36-38-97-48-63(85)73-45-60(82)76-58(43-64(86)87)68(91)79-56(41-49-25-27-51(80)28-26-49)66(89)77-54(29-39-98-2)65(88)74-46-61(83)75-57(67(90)78-55(69(92)93)30-40-99-3)42-50-44-72-53-23-21-20-22-52(50)53/h20-23,25-28,44,54-58,72,80H,4-19,24,29-43,45-48H2,1-3H3,(H,70,81)(H,71,84)(H,73,85)(H,74,88)(H,75,83)(H,76,82)(H,77,89)(H,78,90)(H,79,91)(H,86,87)(H,92,93)/t54-,55-,56-,57-,58-/m0/s1. The largest absolute Gasteiger partial charge is 0.508 e. The van der Waals surface area contributed by atoms with E-state index in [4.69, 9.17) is 18.9 Å². The van der Waals surface area contributed by atoms with Crippen molar-refractivity contribution in [1.82, 2.24) is 52.8 Å². The van der Waals surface area contributed by atoms with Crippen LogP contribution in [0.4, 0.5) is 0 Å². The fourth-order valence-corrected chi connectivity index (χ4v) is 11.2. The number of H-pyrrole nitrogens is 1. The molecule has 0 unspecified atom stereocenters. The van der Waals surface area contributed by atoms with Crippen LogP contribution in [0, 0.1) is 0 Å². The molecule has 0 aliphatic heterocycles. The molecule has 9 amide bonds. The lowest BCUT2D eigenvalue weighted by Gasteiger charge is -2.25. The Kier molecular flexibility index (Phi) is 46.2. The summed E-state index contributed by atoms with van der Waals surface area (Å²) in [6.45, 7) is 1.64. The van der Waals surface area contributed by atoms with Gasteiger partial charge in [0.1, 0.15) is 49.2 Å². The number of amides is 9. The molecule has 0 fully saturated rings. The maximum atomic E-state index is 14.2. The van der Waals surface area contributed by atoms with Gasteiger partial charge in [-0.15, -0.1) is 0 Å². The number of carboxylic acids is 2. The third kappa shape index (κ3) is 40.4. The zero-order valence-corrected chi connectivity index (χ0v) is 59.5. The van der Waals surface area contributed by atoms with Gasteiger partial charge in [0.15, 0.2) is 0 Å². The molecule has 0 aliphatic carbocycles. The number of phenols is 1. The van der Waals surface area contributed by atoms with E-state index in [1.807, 2.05) is 18.2 Å². The number of nitrogens with one attached hydrogen (secondary N) is 10. The van der Waals surface area contributed by atoms with Crippen molar-refractivity contribution in [2.75, 3.05) is 103 Å². The van der Waals surface area contributed by atoms with Crippen molar-refractivity contribution in [3.63, 3.8) is 0 Å². The number of phenolic OH excluding ortho intramolecular Hbond substituents is 1. The number of fused-ring (bicyclic) bond motifs is 1. The predicted molar refractivity (Wildman–Crippen MR) is 379 cm³/mol. The molecule has 0 bridgehead atoms. The Hall–Kier alpha value is -7.51. The van der Waals surface area contributed by atoms with E-state index in [0.717, 1.165) is 30.2 Å². The minimum absolute atomic E-state index is 0.0150. The van der Waals surface area contributed by atoms with Crippen LogP contribution in [0.2, 0.25) is 0 Å². The van der Waals surface area contributed by atoms with Gasteiger partial charge in [0.25, 0.3) is 0 Å². The number of hydrogen-bond donors (Lipinski definition) is 13. The quantitative estimate of drug-likeness (QED) is 0.0350. The molecule has 13 N–H and O–H groups in total. The Balaban J connectivity index is 1.36. The van der Waals surface area contributed by atoms with Crippen molar-refractivity contribution in [3.8, 4) is 5.75 Å². The molecule has 30 heteroatoms. The summed E-state index contributed by atoms with van der Waals surface area (Å²) in [4.78, 5) is 146. The molecule has 3 aromatic rings. The molecular weight excluding hydrogens is 1320 g/mol. The van der Waals surface area contributed by atoms with E-state index in [1.165, 1.54) is 131 Å². The lowest BCUT2D eigenvalue weighted by Crippen LogP contribution is -2.58. The second kappa shape index (κ2) is 53.4. The van der Waals surface area contributed by atoms with Gasteiger partial charge in [-0.1, -0.05) is 134 Å². The van der Waals surface area contributed by atoms with Gasteiger partial charge in [0.05, 0.1) is 59.2 Å². The molecule has 5 atom stereocenters. The highest BCUT2D eigenvalue weighted by molar-refractivity contribution is 7.98. The summed E-state index contributed by atoms with van der Waals surface area (Å²) in [7, 11) is 0. The summed E-state index contributed by atoms with van der Waals surface area (Å²) in [5.74, 6) is -8.66. The monoisotopic (exact) mass is 1430 g/mol. The summed E-state index contributed by atoms with van der Waals surface area (Å²) in [5.41, 5.74) is 1.81. The first-order valence-electron chi connectivity index (χ1n) is 34.5. The van der Waals surface area contributed by atoms with Crippen LogP contribution in [-0.2, 0) is 84.5 Å². The van der Waals surface area contributed by atoms with Gasteiger partial charge in [-0.3, -0.25) is 47.9 Å². The van der Waals surface area contributed by atoms with Crippen molar-refractivity contribution in [3.05, 3.63) is 65.9 Å². The van der Waals surface area contributed by atoms with E-state index < -0.39 is 110 Å². The lowest BCUT2D eigenvalue weighted by molar-refractivity contribution is -0.142. The number of benzene rings is 2. The number of aromatic hydroxyl groups is 1. The van der Waals surface area contributed by atoms with Crippen LogP contribution in [-0.4, -0.2) is 219 Å². The summed E-state index contributed by atoms with van der Waals surface area (Å²) < 4.78 is 21.6. The number of para-hydroxylation sites is 1. The molecule has 0 aliphatic rings. The molecule has 0 saturated heterocycles. The number of aliphatic carboxylic acids is 2. The number of carbonyl (C=O) groups excluding carboxylic acids is 9. The van der Waals surface area contributed by atoms with Gasteiger partial charge in [0.2, 0.25) is 53.2 Å². The Morgan fingerprint density at radius 1 is 0.465 bits per heavy atom. The topological polar surface area (TPSA) is 409 Å². The highest BCUT2D eigenvalue weighted by atomic mass is 32.2. The summed E-state index contributed by atoms with van der Waals surface area (Å²) in [6.07, 6.45) is 25.1. The van der Waals surface area contributed by atoms with E-state index >= 15 is 0 Å². The molecule has 1 aromatic heterocycles. The number of carboxylic acid groups (broad SMARTS) is 2. The molecule has 0 radical (unpaired) electrons. The zero-order valence-electron chi connectivity index (χ0n) is 57.8. The van der Waals surface area contributed by atoms with Crippen LogP contribution in [0.1, 0.15) is 146 Å². The lowest BCUT2D eigenvalue weighted by atomic mass is 10.0. The third-order valence-electron chi connectivity index (χ3n) is 15.7. The maximum absolute atomic E-state index is 14.2. The second-order valence-electron chi connectivity index (χ2n) is 23.9. The number of aromatic amines is 1. The van der Waals surface area contributed by atoms with E-state index in [9.17, 15) is 68.1 Å². The number of carbonyl (C=O) groups is 11. The molecule has 28 nitrogen and oxygen atoms in total. The maximum Gasteiger partial charge on any atom is 0.326 e. The fourth-order valence-electron chi connectivity index (χ4n) is 10.3. The number of unbranched alkanes of at least 4 members (excludes halogenated alkanes) is 15. The summed E-state index contributed by atoms with van der Waals surface area (Å²) in [6, 6.07) is 5.64. The molecule has 2 aromatic carbocycles. The van der Waals surface area contributed by atoms with Crippen molar-refractivity contribution in [2.45, 2.75) is 178 Å². The summed E-state index contributed by atoms with van der Waals surface area (Å²) in [5, 5.41) is 53.0. The fraction of sp³-hybridized carbons (Fsp3) is 0.638. The zero-order chi connectivity index (χ0) is 72.3. The van der Waals surface area contributed by atoms with E-state index in [2.05, 4.69) is 59.8 Å². The third-order valence-corrected chi connectivity index (χ3v) is 17.0. The number of thioether (sulfide) groups is 2. The Morgan fingerprint density at radius 3 is 1.48 bits per heavy atom.